The highest BCUT2D eigenvalue weighted by molar-refractivity contribution is 5.21. The van der Waals surface area contributed by atoms with Crippen LogP contribution < -0.4 is 5.73 Å². The lowest BCUT2D eigenvalue weighted by Gasteiger charge is -2.21. The van der Waals surface area contributed by atoms with E-state index < -0.39 is 0 Å². The molecule has 1 nitrogen and oxygen atoms in total. The van der Waals surface area contributed by atoms with Crippen molar-refractivity contribution in [2.75, 3.05) is 0 Å². The molecule has 0 radical (unpaired) electrons. The summed E-state index contributed by atoms with van der Waals surface area (Å²) < 4.78 is 0. The van der Waals surface area contributed by atoms with E-state index >= 15 is 0 Å². The van der Waals surface area contributed by atoms with E-state index in [0.29, 0.717) is 12.0 Å². The van der Waals surface area contributed by atoms with Gasteiger partial charge in [-0.3, -0.25) is 0 Å². The quantitative estimate of drug-likeness (QED) is 0.754. The third-order valence-electron chi connectivity index (χ3n) is 3.84. The number of hydrogen-bond donors (Lipinski definition) is 1. The van der Waals surface area contributed by atoms with E-state index in [4.69, 9.17) is 5.73 Å². The number of benzene rings is 1. The molecule has 0 heterocycles. The van der Waals surface area contributed by atoms with Gasteiger partial charge in [0.15, 0.2) is 0 Å². The monoisotopic (exact) mass is 217 g/mol. The molecule has 0 spiro atoms. The maximum absolute atomic E-state index is 6.26. The van der Waals surface area contributed by atoms with E-state index in [0.717, 1.165) is 0 Å². The van der Waals surface area contributed by atoms with Gasteiger partial charge in [0.05, 0.1) is 0 Å². The molecule has 1 saturated carbocycles. The Morgan fingerprint density at radius 3 is 2.50 bits per heavy atom. The van der Waals surface area contributed by atoms with Gasteiger partial charge in [-0.2, -0.15) is 0 Å². The van der Waals surface area contributed by atoms with Crippen molar-refractivity contribution in [1.82, 2.24) is 0 Å². The summed E-state index contributed by atoms with van der Waals surface area (Å²) in [6, 6.07) is 9.35. The summed E-state index contributed by atoms with van der Waals surface area (Å²) >= 11 is 0. The van der Waals surface area contributed by atoms with E-state index in [-0.39, 0.29) is 0 Å². The lowest BCUT2D eigenvalue weighted by molar-refractivity contribution is 0.395. The predicted molar refractivity (Wildman–Crippen MR) is 69.4 cm³/mol. The van der Waals surface area contributed by atoms with E-state index in [9.17, 15) is 0 Å². The van der Waals surface area contributed by atoms with Gasteiger partial charge in [0, 0.05) is 6.04 Å². The highest BCUT2D eigenvalue weighted by Gasteiger charge is 2.20. The zero-order valence-electron chi connectivity index (χ0n) is 10.3. The molecule has 2 N–H and O–H groups in total. The van der Waals surface area contributed by atoms with Crippen molar-refractivity contribution in [1.29, 1.82) is 0 Å². The first-order chi connectivity index (χ1) is 7.75. The first-order valence-corrected chi connectivity index (χ1v) is 6.57. The van der Waals surface area contributed by atoms with Crippen LogP contribution in [0.1, 0.15) is 43.2 Å². The third-order valence-corrected chi connectivity index (χ3v) is 3.84. The van der Waals surface area contributed by atoms with Crippen molar-refractivity contribution >= 4 is 0 Å². The first-order valence-electron chi connectivity index (χ1n) is 6.57. The number of hydrogen-bond acceptors (Lipinski definition) is 1. The Hall–Kier alpha value is -0.820. The maximum atomic E-state index is 6.26. The van der Waals surface area contributed by atoms with E-state index in [1.54, 1.807) is 0 Å². The molecular weight excluding hydrogens is 194 g/mol. The summed E-state index contributed by atoms with van der Waals surface area (Å²) in [5, 5.41) is 0. The molecule has 2 unspecified atom stereocenters. The summed E-state index contributed by atoms with van der Waals surface area (Å²) in [5.41, 5.74) is 9.05. The second kappa shape index (κ2) is 5.49. The van der Waals surface area contributed by atoms with Crippen LogP contribution in [0.3, 0.4) is 0 Å². The summed E-state index contributed by atoms with van der Waals surface area (Å²) in [6.07, 6.45) is 7.76. The minimum Gasteiger partial charge on any atom is -0.327 e. The van der Waals surface area contributed by atoms with Crippen molar-refractivity contribution in [2.45, 2.75) is 51.5 Å². The predicted octanol–water partition coefficient (Wildman–Crippen LogP) is 3.45. The number of aryl methyl sites for hydroxylation is 1. The van der Waals surface area contributed by atoms with Crippen LogP contribution in [0.25, 0.3) is 0 Å². The van der Waals surface area contributed by atoms with E-state index in [1.165, 1.54) is 49.7 Å². The van der Waals surface area contributed by atoms with Gasteiger partial charge >= 0.3 is 0 Å². The molecule has 0 saturated heterocycles. The van der Waals surface area contributed by atoms with Gasteiger partial charge in [-0.05, 0) is 37.7 Å². The highest BCUT2D eigenvalue weighted by Crippen LogP contribution is 2.25. The van der Waals surface area contributed by atoms with Crippen molar-refractivity contribution in [3.8, 4) is 0 Å². The molecule has 0 aliphatic heterocycles. The smallest absolute Gasteiger partial charge is 0.00703 e. The molecule has 0 bridgehead atoms. The maximum Gasteiger partial charge on any atom is 0.00703 e. The molecule has 2 rings (SSSR count). The average molecular weight is 217 g/mol. The Labute approximate surface area is 99.0 Å². The zero-order valence-corrected chi connectivity index (χ0v) is 10.3. The molecule has 1 aromatic rings. The van der Waals surface area contributed by atoms with E-state index in [2.05, 4.69) is 31.2 Å². The lowest BCUT2D eigenvalue weighted by Crippen LogP contribution is -2.30. The minimum absolute atomic E-state index is 0.420. The second-order valence-corrected chi connectivity index (χ2v) is 5.25. The molecule has 2 atom stereocenters. The van der Waals surface area contributed by atoms with Gasteiger partial charge < -0.3 is 5.73 Å². The molecule has 88 valence electrons. The topological polar surface area (TPSA) is 26.0 Å². The van der Waals surface area contributed by atoms with Gasteiger partial charge in [0.1, 0.15) is 0 Å². The van der Waals surface area contributed by atoms with Gasteiger partial charge in [-0.25, -0.2) is 0 Å². The normalized spacial score (nSPS) is 26.4. The second-order valence-electron chi connectivity index (χ2n) is 5.25. The minimum atomic E-state index is 0.420. The van der Waals surface area contributed by atoms with Crippen molar-refractivity contribution in [3.63, 3.8) is 0 Å². The average Bonchev–Trinajstić information content (AvgIpc) is 2.48. The fraction of sp³-hybridized carbons (Fsp3) is 0.600. The third kappa shape index (κ3) is 3.08. The molecule has 1 aliphatic carbocycles. The van der Waals surface area contributed by atoms with Gasteiger partial charge in [-0.1, -0.05) is 49.1 Å². The Bertz CT molecular complexity index is 315. The Balaban J connectivity index is 1.99. The van der Waals surface area contributed by atoms with E-state index in [1.807, 2.05) is 0 Å². The van der Waals surface area contributed by atoms with Crippen LogP contribution in [-0.2, 0) is 6.42 Å². The molecule has 0 aromatic heterocycles. The molecule has 1 heteroatoms. The number of rotatable bonds is 2. The molecule has 1 aromatic carbocycles. The van der Waals surface area contributed by atoms with Crippen LogP contribution in [0, 0.1) is 12.8 Å². The summed E-state index contributed by atoms with van der Waals surface area (Å²) in [7, 11) is 0. The summed E-state index contributed by atoms with van der Waals surface area (Å²) in [5.74, 6) is 0.699. The molecule has 0 amide bonds. The Kier molecular flexibility index (Phi) is 4.00. The molecule has 1 aliphatic rings. The van der Waals surface area contributed by atoms with Crippen LogP contribution in [0.4, 0.5) is 0 Å². The van der Waals surface area contributed by atoms with Crippen LogP contribution in [0.5, 0.6) is 0 Å². The van der Waals surface area contributed by atoms with Crippen LogP contribution >= 0.6 is 0 Å². The van der Waals surface area contributed by atoms with Crippen molar-refractivity contribution in [2.24, 2.45) is 11.7 Å². The first kappa shape index (κ1) is 11.7. The summed E-state index contributed by atoms with van der Waals surface area (Å²) in [6.45, 7) is 2.14. The molecule has 16 heavy (non-hydrogen) atoms. The Morgan fingerprint density at radius 2 is 1.75 bits per heavy atom. The Morgan fingerprint density at radius 1 is 1.06 bits per heavy atom. The fourth-order valence-corrected chi connectivity index (χ4v) is 2.69. The van der Waals surface area contributed by atoms with Crippen LogP contribution in [-0.4, -0.2) is 6.04 Å². The fourth-order valence-electron chi connectivity index (χ4n) is 2.69. The summed E-state index contributed by atoms with van der Waals surface area (Å²) in [4.78, 5) is 0. The largest absolute Gasteiger partial charge is 0.327 e. The van der Waals surface area contributed by atoms with Crippen LogP contribution in [0.2, 0.25) is 0 Å². The zero-order chi connectivity index (χ0) is 11.4. The number of nitrogens with two attached hydrogens (primary N) is 1. The van der Waals surface area contributed by atoms with Gasteiger partial charge in [0.25, 0.3) is 0 Å². The molecular formula is C15H23N. The standard InChI is InChI=1S/C15H23N/c1-12-7-9-13(10-8-12)11-14-5-3-2-4-6-15(14)16/h7-10,14-15H,2-6,11,16H2,1H3. The van der Waals surface area contributed by atoms with Gasteiger partial charge in [0.2, 0.25) is 0 Å². The van der Waals surface area contributed by atoms with Crippen molar-refractivity contribution < 1.29 is 0 Å². The molecule has 1 fully saturated rings. The van der Waals surface area contributed by atoms with Gasteiger partial charge in [-0.15, -0.1) is 0 Å². The SMILES string of the molecule is Cc1ccc(CC2CCCCCC2N)cc1. The lowest BCUT2D eigenvalue weighted by atomic mass is 9.89. The van der Waals surface area contributed by atoms with Crippen molar-refractivity contribution in [3.05, 3.63) is 35.4 Å². The highest BCUT2D eigenvalue weighted by atomic mass is 14.6. The van der Waals surface area contributed by atoms with Crippen LogP contribution in [0.15, 0.2) is 24.3 Å².